The number of anilines is 1. The maximum atomic E-state index is 11.8. The number of fused-ring (bicyclic) bond motifs is 4. The molecule has 5 rings (SSSR count). The van der Waals surface area contributed by atoms with Gasteiger partial charge in [0.1, 0.15) is 6.04 Å². The Hall–Kier alpha value is -3.14. The van der Waals surface area contributed by atoms with Crippen molar-refractivity contribution < 1.29 is 4.79 Å². The topological polar surface area (TPSA) is 44.7 Å². The summed E-state index contributed by atoms with van der Waals surface area (Å²) in [5.41, 5.74) is 8.13. The lowest BCUT2D eigenvalue weighted by Gasteiger charge is -2.35. The number of hydrazine groups is 1. The Labute approximate surface area is 139 Å². The highest BCUT2D eigenvalue weighted by Crippen LogP contribution is 2.47. The molecule has 4 heteroatoms. The molecule has 1 amide bonds. The van der Waals surface area contributed by atoms with Crippen LogP contribution in [0.4, 0.5) is 11.4 Å². The summed E-state index contributed by atoms with van der Waals surface area (Å²) in [6.45, 7) is 1.54. The van der Waals surface area contributed by atoms with Crippen molar-refractivity contribution in [2.24, 2.45) is 4.99 Å². The summed E-state index contributed by atoms with van der Waals surface area (Å²) in [5.74, 6) is -0.0887. The van der Waals surface area contributed by atoms with E-state index in [1.807, 2.05) is 29.3 Å². The Balaban J connectivity index is 1.83. The number of carbonyl (C=O) groups excluding carboxylic acids is 1. The Morgan fingerprint density at radius 3 is 2.67 bits per heavy atom. The molecule has 1 heterocycles. The Bertz CT molecular complexity index is 1030. The van der Waals surface area contributed by atoms with E-state index in [0.29, 0.717) is 0 Å². The zero-order valence-electron chi connectivity index (χ0n) is 13.2. The number of nitrogens with one attached hydrogen (secondary N) is 1. The van der Waals surface area contributed by atoms with Crippen molar-refractivity contribution in [2.75, 3.05) is 5.01 Å². The third kappa shape index (κ3) is 1.68. The molecule has 116 valence electrons. The van der Waals surface area contributed by atoms with Crippen molar-refractivity contribution >= 4 is 33.8 Å². The van der Waals surface area contributed by atoms with Gasteiger partial charge in [-0.1, -0.05) is 48.5 Å². The van der Waals surface area contributed by atoms with Gasteiger partial charge in [0.25, 0.3) is 0 Å². The van der Waals surface area contributed by atoms with E-state index >= 15 is 0 Å². The van der Waals surface area contributed by atoms with Gasteiger partial charge >= 0.3 is 0 Å². The molecule has 0 spiro atoms. The molecule has 1 aliphatic carbocycles. The van der Waals surface area contributed by atoms with E-state index in [4.69, 9.17) is 4.99 Å². The molecule has 3 aromatic rings. The van der Waals surface area contributed by atoms with Gasteiger partial charge in [-0.05, 0) is 28.5 Å². The zero-order valence-corrected chi connectivity index (χ0v) is 13.2. The number of hydrogen-bond acceptors (Lipinski definition) is 3. The van der Waals surface area contributed by atoms with E-state index in [0.717, 1.165) is 22.6 Å². The molecular formula is C20H15N3O. The highest BCUT2D eigenvalue weighted by atomic mass is 16.2. The van der Waals surface area contributed by atoms with Crippen LogP contribution in [0.15, 0.2) is 65.7 Å². The summed E-state index contributed by atoms with van der Waals surface area (Å²) in [6.07, 6.45) is 0. The SMILES string of the molecule is CC(=O)NN1c2ccccc2N=C2c3cccc4cccc(c34)C21. The molecule has 1 atom stereocenters. The Morgan fingerprint density at radius 1 is 1.04 bits per heavy atom. The second kappa shape index (κ2) is 4.68. The maximum Gasteiger partial charge on any atom is 0.235 e. The van der Waals surface area contributed by atoms with Gasteiger partial charge in [0, 0.05) is 12.5 Å². The smallest absolute Gasteiger partial charge is 0.235 e. The number of rotatable bonds is 1. The number of nitrogens with zero attached hydrogens (tertiary/aromatic N) is 2. The molecule has 1 unspecified atom stereocenters. The van der Waals surface area contributed by atoms with Crippen molar-refractivity contribution in [1.29, 1.82) is 0 Å². The lowest BCUT2D eigenvalue weighted by atomic mass is 10.0. The molecule has 0 aromatic heterocycles. The molecule has 1 aliphatic heterocycles. The highest BCUT2D eigenvalue weighted by Gasteiger charge is 2.39. The van der Waals surface area contributed by atoms with Crippen LogP contribution in [-0.4, -0.2) is 11.6 Å². The largest absolute Gasteiger partial charge is 0.274 e. The monoisotopic (exact) mass is 313 g/mol. The van der Waals surface area contributed by atoms with Crippen molar-refractivity contribution in [1.82, 2.24) is 5.43 Å². The molecule has 0 saturated heterocycles. The maximum absolute atomic E-state index is 11.8. The molecule has 0 bridgehead atoms. The molecule has 24 heavy (non-hydrogen) atoms. The van der Waals surface area contributed by atoms with Crippen LogP contribution in [0.5, 0.6) is 0 Å². The molecule has 0 saturated carbocycles. The molecule has 2 aliphatic rings. The average Bonchev–Trinajstić information content (AvgIpc) is 2.91. The minimum absolute atomic E-state index is 0.0887. The summed E-state index contributed by atoms with van der Waals surface area (Å²) >= 11 is 0. The first-order valence-electron chi connectivity index (χ1n) is 8.00. The van der Waals surface area contributed by atoms with Crippen molar-refractivity contribution in [3.05, 3.63) is 71.8 Å². The second-order valence-corrected chi connectivity index (χ2v) is 6.18. The summed E-state index contributed by atoms with van der Waals surface area (Å²) in [7, 11) is 0. The minimum atomic E-state index is -0.0927. The van der Waals surface area contributed by atoms with Crippen LogP contribution in [0.1, 0.15) is 24.1 Å². The fourth-order valence-corrected chi connectivity index (χ4v) is 3.81. The van der Waals surface area contributed by atoms with Crippen LogP contribution >= 0.6 is 0 Å². The lowest BCUT2D eigenvalue weighted by molar-refractivity contribution is -0.119. The summed E-state index contributed by atoms with van der Waals surface area (Å²) in [6, 6.07) is 20.4. The fraction of sp³-hybridized carbons (Fsp3) is 0.100. The molecule has 1 N–H and O–H groups in total. The van der Waals surface area contributed by atoms with Crippen molar-refractivity contribution in [3.8, 4) is 0 Å². The molecule has 0 radical (unpaired) electrons. The highest BCUT2D eigenvalue weighted by molar-refractivity contribution is 6.23. The van der Waals surface area contributed by atoms with Crippen LogP contribution in [0.2, 0.25) is 0 Å². The third-order valence-corrected chi connectivity index (χ3v) is 4.68. The molecule has 0 fully saturated rings. The number of benzene rings is 3. The number of carbonyl (C=O) groups is 1. The van der Waals surface area contributed by atoms with Gasteiger partial charge < -0.3 is 0 Å². The second-order valence-electron chi connectivity index (χ2n) is 6.18. The van der Waals surface area contributed by atoms with Gasteiger partial charge in [-0.25, -0.2) is 4.99 Å². The predicted molar refractivity (Wildman–Crippen MR) is 95.6 cm³/mol. The first-order valence-corrected chi connectivity index (χ1v) is 8.00. The van der Waals surface area contributed by atoms with Crippen LogP contribution in [-0.2, 0) is 4.79 Å². The standard InChI is InChI=1S/C20H15N3O/c1-12(24)22-23-17-11-3-2-10-16(17)21-19-14-8-4-6-13-7-5-9-15(18(13)14)20(19)23/h2-11,20H,1H3,(H,22,24). The van der Waals surface area contributed by atoms with Gasteiger partial charge in [0.05, 0.1) is 17.1 Å². The fourth-order valence-electron chi connectivity index (χ4n) is 3.81. The number of amides is 1. The quantitative estimate of drug-likeness (QED) is 0.741. The normalized spacial score (nSPS) is 17.3. The number of para-hydroxylation sites is 2. The Morgan fingerprint density at radius 2 is 1.83 bits per heavy atom. The number of hydrogen-bond donors (Lipinski definition) is 1. The van der Waals surface area contributed by atoms with Crippen molar-refractivity contribution in [2.45, 2.75) is 13.0 Å². The Kier molecular flexibility index (Phi) is 2.59. The van der Waals surface area contributed by atoms with E-state index in [1.165, 1.54) is 23.3 Å². The molecular weight excluding hydrogens is 298 g/mol. The first kappa shape index (κ1) is 13.3. The zero-order chi connectivity index (χ0) is 16.3. The number of aliphatic imine (C=N–C) groups is 1. The summed E-state index contributed by atoms with van der Waals surface area (Å²) in [5, 5.41) is 4.38. The van der Waals surface area contributed by atoms with E-state index in [9.17, 15) is 4.79 Å². The van der Waals surface area contributed by atoms with E-state index in [2.05, 4.69) is 41.8 Å². The predicted octanol–water partition coefficient (Wildman–Crippen LogP) is 3.89. The third-order valence-electron chi connectivity index (χ3n) is 4.68. The minimum Gasteiger partial charge on any atom is -0.274 e. The van der Waals surface area contributed by atoms with Gasteiger partial charge in [-0.2, -0.15) is 0 Å². The van der Waals surface area contributed by atoms with E-state index in [1.54, 1.807) is 0 Å². The van der Waals surface area contributed by atoms with Crippen molar-refractivity contribution in [3.63, 3.8) is 0 Å². The van der Waals surface area contributed by atoms with E-state index in [-0.39, 0.29) is 11.9 Å². The summed E-state index contributed by atoms with van der Waals surface area (Å²) < 4.78 is 0. The van der Waals surface area contributed by atoms with Gasteiger partial charge in [-0.15, -0.1) is 0 Å². The molecule has 4 nitrogen and oxygen atoms in total. The van der Waals surface area contributed by atoms with Crippen LogP contribution in [0.25, 0.3) is 10.8 Å². The van der Waals surface area contributed by atoms with Crippen LogP contribution < -0.4 is 10.4 Å². The van der Waals surface area contributed by atoms with Crippen LogP contribution in [0, 0.1) is 0 Å². The van der Waals surface area contributed by atoms with Gasteiger partial charge in [-0.3, -0.25) is 15.2 Å². The first-order chi connectivity index (χ1) is 11.7. The molecule has 3 aromatic carbocycles. The van der Waals surface area contributed by atoms with Gasteiger partial charge in [0.2, 0.25) is 5.91 Å². The lowest BCUT2D eigenvalue weighted by Crippen LogP contribution is -2.47. The van der Waals surface area contributed by atoms with Gasteiger partial charge in [0.15, 0.2) is 0 Å². The summed E-state index contributed by atoms with van der Waals surface area (Å²) in [4.78, 5) is 16.8. The van der Waals surface area contributed by atoms with E-state index < -0.39 is 0 Å². The van der Waals surface area contributed by atoms with Crippen LogP contribution in [0.3, 0.4) is 0 Å². The average molecular weight is 313 g/mol.